The van der Waals surface area contributed by atoms with E-state index in [2.05, 4.69) is 22.7 Å². The van der Waals surface area contributed by atoms with Crippen molar-refractivity contribution < 1.29 is 9.32 Å². The summed E-state index contributed by atoms with van der Waals surface area (Å²) in [6.07, 6.45) is 3.31. The third kappa shape index (κ3) is 3.32. The number of amides is 1. The maximum Gasteiger partial charge on any atom is 0.242 e. The Morgan fingerprint density at radius 3 is 2.83 bits per heavy atom. The highest BCUT2D eigenvalue weighted by atomic mass is 16.5. The van der Waals surface area contributed by atoms with Crippen LogP contribution in [0.4, 0.5) is 5.82 Å². The van der Waals surface area contributed by atoms with Crippen LogP contribution < -0.4 is 10.6 Å². The first-order valence-corrected chi connectivity index (χ1v) is 6.60. The number of carbonyl (C=O) groups is 1. The number of anilines is 1. The molecule has 1 aliphatic carbocycles. The van der Waals surface area contributed by atoms with Gasteiger partial charge in [0, 0.05) is 12.1 Å². The molecule has 2 atom stereocenters. The van der Waals surface area contributed by atoms with Gasteiger partial charge in [0.2, 0.25) is 5.91 Å². The molecule has 0 radical (unpaired) electrons. The van der Waals surface area contributed by atoms with Gasteiger partial charge in [-0.25, -0.2) is 0 Å². The van der Waals surface area contributed by atoms with Crippen LogP contribution in [0.25, 0.3) is 0 Å². The second kappa shape index (κ2) is 5.52. The van der Waals surface area contributed by atoms with Gasteiger partial charge in [0.1, 0.15) is 5.76 Å². The summed E-state index contributed by atoms with van der Waals surface area (Å²) in [6.45, 7) is 5.95. The largest absolute Gasteiger partial charge is 0.360 e. The quantitative estimate of drug-likeness (QED) is 0.812. The van der Waals surface area contributed by atoms with Crippen LogP contribution in [0.15, 0.2) is 10.6 Å². The number of aryl methyl sites for hydroxylation is 1. The van der Waals surface area contributed by atoms with Crippen molar-refractivity contribution in [1.29, 1.82) is 0 Å². The summed E-state index contributed by atoms with van der Waals surface area (Å²) in [5.74, 6) is 1.87. The average molecular weight is 251 g/mol. The number of carbonyl (C=O) groups excluding carboxylic acids is 1. The summed E-state index contributed by atoms with van der Waals surface area (Å²) in [6, 6.07) is 1.95. The molecular formula is C13H21N3O2. The first kappa shape index (κ1) is 13.1. The Bertz CT molecular complexity index is 412. The molecule has 100 valence electrons. The van der Waals surface area contributed by atoms with E-state index in [1.165, 1.54) is 12.8 Å². The zero-order valence-electron chi connectivity index (χ0n) is 11.2. The Morgan fingerprint density at radius 1 is 1.61 bits per heavy atom. The number of hydrogen-bond donors (Lipinski definition) is 2. The molecular weight excluding hydrogens is 230 g/mol. The smallest absolute Gasteiger partial charge is 0.242 e. The number of rotatable bonds is 6. The molecule has 0 spiro atoms. The lowest BCUT2D eigenvalue weighted by atomic mass is 10.1. The van der Waals surface area contributed by atoms with Crippen LogP contribution in [-0.4, -0.2) is 23.1 Å². The van der Waals surface area contributed by atoms with Crippen molar-refractivity contribution in [2.24, 2.45) is 5.92 Å². The van der Waals surface area contributed by atoms with Crippen LogP contribution in [0, 0.1) is 12.8 Å². The Morgan fingerprint density at radius 2 is 2.33 bits per heavy atom. The molecule has 1 fully saturated rings. The summed E-state index contributed by atoms with van der Waals surface area (Å²) in [5, 5.41) is 9.92. The minimum atomic E-state index is -0.169. The van der Waals surface area contributed by atoms with Crippen LogP contribution in [0.3, 0.4) is 0 Å². The van der Waals surface area contributed by atoms with E-state index < -0.39 is 0 Å². The van der Waals surface area contributed by atoms with Gasteiger partial charge in [-0.15, -0.1) is 0 Å². The van der Waals surface area contributed by atoms with Gasteiger partial charge in [-0.1, -0.05) is 12.1 Å². The fraction of sp³-hybridized carbons (Fsp3) is 0.692. The van der Waals surface area contributed by atoms with E-state index >= 15 is 0 Å². The van der Waals surface area contributed by atoms with E-state index in [1.807, 2.05) is 6.92 Å². The summed E-state index contributed by atoms with van der Waals surface area (Å²) >= 11 is 0. The standard InChI is InChI=1S/C13H21N3O2/c1-4-11(14-9(3)10-5-6-10)13(17)15-12-7-8(2)18-16-12/h7,9-11,14H,4-6H2,1-3H3,(H,15,16,17). The van der Waals surface area contributed by atoms with E-state index in [0.29, 0.717) is 17.6 Å². The highest BCUT2D eigenvalue weighted by Crippen LogP contribution is 2.32. The van der Waals surface area contributed by atoms with Crippen LogP contribution in [0.2, 0.25) is 0 Å². The van der Waals surface area contributed by atoms with Gasteiger partial charge >= 0.3 is 0 Å². The summed E-state index contributed by atoms with van der Waals surface area (Å²) < 4.78 is 4.92. The Balaban J connectivity index is 1.88. The molecule has 18 heavy (non-hydrogen) atoms. The van der Waals surface area contributed by atoms with Crippen molar-refractivity contribution in [2.75, 3.05) is 5.32 Å². The highest BCUT2D eigenvalue weighted by molar-refractivity contribution is 5.93. The van der Waals surface area contributed by atoms with Crippen molar-refractivity contribution >= 4 is 11.7 Å². The second-order valence-electron chi connectivity index (χ2n) is 5.07. The Hall–Kier alpha value is -1.36. The molecule has 5 nitrogen and oxygen atoms in total. The van der Waals surface area contributed by atoms with Crippen LogP contribution in [0.5, 0.6) is 0 Å². The molecule has 0 aromatic carbocycles. The second-order valence-corrected chi connectivity index (χ2v) is 5.07. The van der Waals surface area contributed by atoms with E-state index in [-0.39, 0.29) is 11.9 Å². The maximum atomic E-state index is 12.1. The lowest BCUT2D eigenvalue weighted by Crippen LogP contribution is -2.45. The minimum absolute atomic E-state index is 0.0432. The topological polar surface area (TPSA) is 67.2 Å². The summed E-state index contributed by atoms with van der Waals surface area (Å²) in [4.78, 5) is 12.1. The Kier molecular flexibility index (Phi) is 4.01. The zero-order valence-corrected chi connectivity index (χ0v) is 11.2. The molecule has 1 heterocycles. The van der Waals surface area contributed by atoms with Crippen molar-refractivity contribution in [3.05, 3.63) is 11.8 Å². The van der Waals surface area contributed by atoms with Gasteiger partial charge in [0.15, 0.2) is 5.82 Å². The van der Waals surface area contributed by atoms with Gasteiger partial charge in [-0.05, 0) is 39.0 Å². The highest BCUT2D eigenvalue weighted by Gasteiger charge is 2.30. The van der Waals surface area contributed by atoms with Crippen molar-refractivity contribution in [1.82, 2.24) is 10.5 Å². The zero-order chi connectivity index (χ0) is 13.1. The van der Waals surface area contributed by atoms with Gasteiger partial charge in [-0.3, -0.25) is 4.79 Å². The van der Waals surface area contributed by atoms with Crippen LogP contribution >= 0.6 is 0 Å². The molecule has 5 heteroatoms. The summed E-state index contributed by atoms with van der Waals surface area (Å²) in [7, 11) is 0. The van der Waals surface area contributed by atoms with Crippen LogP contribution in [-0.2, 0) is 4.79 Å². The molecule has 1 aromatic rings. The number of nitrogens with one attached hydrogen (secondary N) is 2. The lowest BCUT2D eigenvalue weighted by molar-refractivity contribution is -0.118. The SMILES string of the molecule is CCC(NC(C)C1CC1)C(=O)Nc1cc(C)on1. The van der Waals surface area contributed by atoms with Gasteiger partial charge in [0.25, 0.3) is 0 Å². The van der Waals surface area contributed by atoms with Crippen molar-refractivity contribution in [2.45, 2.75) is 52.1 Å². The van der Waals surface area contributed by atoms with E-state index in [1.54, 1.807) is 13.0 Å². The van der Waals surface area contributed by atoms with E-state index in [4.69, 9.17) is 4.52 Å². The average Bonchev–Trinajstić information content (AvgIpc) is 3.11. The molecule has 1 aromatic heterocycles. The lowest BCUT2D eigenvalue weighted by Gasteiger charge is -2.20. The van der Waals surface area contributed by atoms with Gasteiger partial charge in [-0.2, -0.15) is 0 Å². The first-order chi connectivity index (χ1) is 8.60. The van der Waals surface area contributed by atoms with Crippen molar-refractivity contribution in [3.63, 3.8) is 0 Å². The monoisotopic (exact) mass is 251 g/mol. The molecule has 2 N–H and O–H groups in total. The third-order valence-electron chi connectivity index (χ3n) is 3.40. The fourth-order valence-electron chi connectivity index (χ4n) is 2.07. The van der Waals surface area contributed by atoms with Gasteiger partial charge < -0.3 is 15.2 Å². The van der Waals surface area contributed by atoms with Crippen molar-refractivity contribution in [3.8, 4) is 0 Å². The van der Waals surface area contributed by atoms with E-state index in [9.17, 15) is 4.79 Å². The van der Waals surface area contributed by atoms with E-state index in [0.717, 1.165) is 12.3 Å². The number of aromatic nitrogens is 1. The fourth-order valence-corrected chi connectivity index (χ4v) is 2.07. The molecule has 2 rings (SSSR count). The number of nitrogens with zero attached hydrogens (tertiary/aromatic N) is 1. The molecule has 0 saturated heterocycles. The summed E-state index contributed by atoms with van der Waals surface area (Å²) in [5.41, 5.74) is 0. The van der Waals surface area contributed by atoms with Crippen LogP contribution in [0.1, 0.15) is 38.9 Å². The molecule has 0 aliphatic heterocycles. The van der Waals surface area contributed by atoms with Gasteiger partial charge in [0.05, 0.1) is 6.04 Å². The third-order valence-corrected chi connectivity index (χ3v) is 3.40. The number of hydrogen-bond acceptors (Lipinski definition) is 4. The Labute approximate surface area is 107 Å². The first-order valence-electron chi connectivity index (χ1n) is 6.60. The normalized spacial score (nSPS) is 18.4. The predicted octanol–water partition coefficient (Wildman–Crippen LogP) is 2.09. The molecule has 1 aliphatic rings. The molecule has 2 unspecified atom stereocenters. The maximum absolute atomic E-state index is 12.1. The molecule has 1 amide bonds. The molecule has 0 bridgehead atoms. The predicted molar refractivity (Wildman–Crippen MR) is 69.3 cm³/mol. The molecule has 1 saturated carbocycles. The minimum Gasteiger partial charge on any atom is -0.360 e.